The Bertz CT molecular complexity index is 1180. The zero-order valence-corrected chi connectivity index (χ0v) is 14.8. The first kappa shape index (κ1) is 16.1. The number of aromatic nitrogens is 4. The Balaban J connectivity index is 2.18. The average molecular weight is 350 g/mol. The van der Waals surface area contributed by atoms with Gasteiger partial charge in [-0.1, -0.05) is 19.1 Å². The maximum atomic E-state index is 13.3. The van der Waals surface area contributed by atoms with E-state index in [0.717, 1.165) is 11.3 Å². The van der Waals surface area contributed by atoms with E-state index in [9.17, 15) is 4.79 Å². The second-order valence-electron chi connectivity index (χ2n) is 5.80. The topological polar surface area (TPSA) is 70.7 Å². The first-order valence-corrected chi connectivity index (χ1v) is 8.29. The van der Waals surface area contributed by atoms with Crippen LogP contribution in [0.25, 0.3) is 22.4 Å². The molecule has 4 aromatic rings. The number of benzene rings is 2. The zero-order chi connectivity index (χ0) is 18.3. The van der Waals surface area contributed by atoms with Gasteiger partial charge in [-0.2, -0.15) is 0 Å². The van der Waals surface area contributed by atoms with Crippen molar-refractivity contribution in [3.8, 4) is 17.2 Å². The fraction of sp³-hybridized carbons (Fsp3) is 0.211. The van der Waals surface area contributed by atoms with E-state index in [1.807, 2.05) is 35.6 Å². The van der Waals surface area contributed by atoms with Gasteiger partial charge in [0, 0.05) is 12.5 Å². The summed E-state index contributed by atoms with van der Waals surface area (Å²) in [4.78, 5) is 13.3. The van der Waals surface area contributed by atoms with Crippen LogP contribution in [0.15, 0.2) is 47.3 Å². The molecular weight excluding hydrogens is 332 g/mol. The van der Waals surface area contributed by atoms with Gasteiger partial charge in [0.1, 0.15) is 17.3 Å². The number of hydrogen-bond acceptors (Lipinski definition) is 5. The average Bonchev–Trinajstić information content (AvgIpc) is 3.12. The van der Waals surface area contributed by atoms with Gasteiger partial charge in [-0.3, -0.25) is 9.20 Å². The third kappa shape index (κ3) is 2.24. The molecular formula is C19H18N4O3. The minimum Gasteiger partial charge on any atom is -0.497 e. The highest BCUT2D eigenvalue weighted by Gasteiger charge is 2.19. The Labute approximate surface area is 149 Å². The van der Waals surface area contributed by atoms with Crippen molar-refractivity contribution in [3.05, 3.63) is 58.6 Å². The van der Waals surface area contributed by atoms with Gasteiger partial charge in [0.15, 0.2) is 0 Å². The van der Waals surface area contributed by atoms with Crippen LogP contribution in [0.3, 0.4) is 0 Å². The predicted molar refractivity (Wildman–Crippen MR) is 98.6 cm³/mol. The van der Waals surface area contributed by atoms with E-state index in [2.05, 4.69) is 10.2 Å². The lowest BCUT2D eigenvalue weighted by atomic mass is 10.2. The van der Waals surface area contributed by atoms with Gasteiger partial charge in [0.25, 0.3) is 5.56 Å². The Morgan fingerprint density at radius 2 is 1.85 bits per heavy atom. The standard InChI is InChI=1S/C19H18N4O3/c1-4-17-20-21-19-22(17)14-8-6-5-7-13(14)18(24)23(19)15-10-9-12(25-2)11-16(15)26-3/h5-11H,4H2,1-3H3. The van der Waals surface area contributed by atoms with Gasteiger partial charge < -0.3 is 9.47 Å². The number of rotatable bonds is 4. The first-order chi connectivity index (χ1) is 12.7. The highest BCUT2D eigenvalue weighted by molar-refractivity contribution is 5.81. The minimum atomic E-state index is -0.174. The molecule has 0 amide bonds. The number of hydrogen-bond donors (Lipinski definition) is 0. The molecule has 0 unspecified atom stereocenters. The van der Waals surface area contributed by atoms with E-state index in [1.165, 1.54) is 4.57 Å². The summed E-state index contributed by atoms with van der Waals surface area (Å²) in [6.45, 7) is 2.01. The molecule has 0 saturated carbocycles. The van der Waals surface area contributed by atoms with Crippen molar-refractivity contribution in [2.75, 3.05) is 14.2 Å². The molecule has 0 aliphatic rings. The number of ether oxygens (including phenoxy) is 2. The molecule has 0 bridgehead atoms. The van der Waals surface area contributed by atoms with E-state index in [1.54, 1.807) is 32.4 Å². The van der Waals surface area contributed by atoms with Crippen LogP contribution >= 0.6 is 0 Å². The number of fused-ring (bicyclic) bond motifs is 3. The Morgan fingerprint density at radius 1 is 1.04 bits per heavy atom. The lowest BCUT2D eigenvalue weighted by molar-refractivity contribution is 0.393. The fourth-order valence-corrected chi connectivity index (χ4v) is 3.18. The number of methoxy groups -OCH3 is 2. The highest BCUT2D eigenvalue weighted by Crippen LogP contribution is 2.29. The molecule has 0 aliphatic carbocycles. The molecule has 7 heteroatoms. The lowest BCUT2D eigenvalue weighted by Gasteiger charge is -2.14. The highest BCUT2D eigenvalue weighted by atomic mass is 16.5. The summed E-state index contributed by atoms with van der Waals surface area (Å²) in [7, 11) is 3.14. The minimum absolute atomic E-state index is 0.174. The summed E-state index contributed by atoms with van der Waals surface area (Å²) < 4.78 is 14.2. The molecule has 0 aliphatic heterocycles. The third-order valence-electron chi connectivity index (χ3n) is 4.44. The molecule has 4 rings (SSSR count). The van der Waals surface area contributed by atoms with Crippen LogP contribution in [0.4, 0.5) is 0 Å². The molecule has 0 spiro atoms. The molecule has 26 heavy (non-hydrogen) atoms. The SMILES string of the molecule is CCc1nnc2n(-c3ccc(OC)cc3OC)c(=O)c3ccccc3n12. The molecule has 2 heterocycles. The zero-order valence-electron chi connectivity index (χ0n) is 14.8. The quantitative estimate of drug-likeness (QED) is 0.566. The molecule has 0 fully saturated rings. The lowest BCUT2D eigenvalue weighted by Crippen LogP contribution is -2.22. The molecule has 2 aromatic heterocycles. The van der Waals surface area contributed by atoms with Crippen molar-refractivity contribution in [1.82, 2.24) is 19.2 Å². The van der Waals surface area contributed by atoms with Crippen LogP contribution in [0, 0.1) is 0 Å². The van der Waals surface area contributed by atoms with Gasteiger partial charge >= 0.3 is 0 Å². The summed E-state index contributed by atoms with van der Waals surface area (Å²) >= 11 is 0. The molecule has 7 nitrogen and oxygen atoms in total. The van der Waals surface area contributed by atoms with Gasteiger partial charge in [0.05, 0.1) is 30.8 Å². The van der Waals surface area contributed by atoms with E-state index >= 15 is 0 Å². The largest absolute Gasteiger partial charge is 0.497 e. The molecule has 0 saturated heterocycles. The Hall–Kier alpha value is -3.35. The molecule has 0 atom stereocenters. The first-order valence-electron chi connectivity index (χ1n) is 8.29. The van der Waals surface area contributed by atoms with Crippen LogP contribution in [-0.2, 0) is 6.42 Å². The van der Waals surface area contributed by atoms with Crippen molar-refractivity contribution in [3.63, 3.8) is 0 Å². The van der Waals surface area contributed by atoms with E-state index in [-0.39, 0.29) is 5.56 Å². The van der Waals surface area contributed by atoms with Crippen molar-refractivity contribution < 1.29 is 9.47 Å². The summed E-state index contributed by atoms with van der Waals surface area (Å²) in [6.07, 6.45) is 0.698. The van der Waals surface area contributed by atoms with Crippen LogP contribution in [0.2, 0.25) is 0 Å². The molecule has 0 radical (unpaired) electrons. The normalized spacial score (nSPS) is 11.2. The number of nitrogens with zero attached hydrogens (tertiary/aromatic N) is 4. The maximum absolute atomic E-state index is 13.3. The van der Waals surface area contributed by atoms with Crippen LogP contribution in [0.1, 0.15) is 12.7 Å². The number of para-hydroxylation sites is 1. The summed E-state index contributed by atoms with van der Waals surface area (Å²) in [5.41, 5.74) is 1.20. The monoisotopic (exact) mass is 350 g/mol. The van der Waals surface area contributed by atoms with Gasteiger partial charge in [-0.15, -0.1) is 10.2 Å². The Morgan fingerprint density at radius 3 is 2.58 bits per heavy atom. The van der Waals surface area contributed by atoms with Crippen molar-refractivity contribution in [2.45, 2.75) is 13.3 Å². The second-order valence-corrected chi connectivity index (χ2v) is 5.80. The van der Waals surface area contributed by atoms with E-state index < -0.39 is 0 Å². The molecule has 2 aromatic carbocycles. The molecule has 132 valence electrons. The van der Waals surface area contributed by atoms with Crippen molar-refractivity contribution in [2.24, 2.45) is 0 Å². The van der Waals surface area contributed by atoms with E-state index in [4.69, 9.17) is 9.47 Å². The van der Waals surface area contributed by atoms with Crippen LogP contribution in [0.5, 0.6) is 11.5 Å². The number of aryl methyl sites for hydroxylation is 1. The van der Waals surface area contributed by atoms with Crippen LogP contribution in [-0.4, -0.2) is 33.4 Å². The molecule has 0 N–H and O–H groups in total. The van der Waals surface area contributed by atoms with E-state index in [0.29, 0.717) is 34.8 Å². The summed E-state index contributed by atoms with van der Waals surface area (Å²) in [5.74, 6) is 2.40. The second kappa shape index (κ2) is 6.18. The van der Waals surface area contributed by atoms with Gasteiger partial charge in [-0.25, -0.2) is 4.57 Å². The summed E-state index contributed by atoms with van der Waals surface area (Å²) in [6, 6.07) is 12.8. The summed E-state index contributed by atoms with van der Waals surface area (Å²) in [5, 5.41) is 9.14. The van der Waals surface area contributed by atoms with Crippen molar-refractivity contribution >= 4 is 16.7 Å². The van der Waals surface area contributed by atoms with Crippen LogP contribution < -0.4 is 15.0 Å². The maximum Gasteiger partial charge on any atom is 0.267 e. The smallest absolute Gasteiger partial charge is 0.267 e. The predicted octanol–water partition coefficient (Wildman–Crippen LogP) is 2.61. The Kier molecular flexibility index (Phi) is 3.84. The van der Waals surface area contributed by atoms with Gasteiger partial charge in [-0.05, 0) is 24.3 Å². The third-order valence-corrected chi connectivity index (χ3v) is 4.44. The van der Waals surface area contributed by atoms with Crippen molar-refractivity contribution in [1.29, 1.82) is 0 Å². The fourth-order valence-electron chi connectivity index (χ4n) is 3.18. The van der Waals surface area contributed by atoms with Gasteiger partial charge in [0.2, 0.25) is 5.78 Å².